The molecule has 5 heteroatoms. The van der Waals surface area contributed by atoms with Crippen LogP contribution < -0.4 is 5.32 Å². The van der Waals surface area contributed by atoms with E-state index < -0.39 is 12.7 Å². The number of halogens is 3. The fourth-order valence-corrected chi connectivity index (χ4v) is 2.35. The van der Waals surface area contributed by atoms with Gasteiger partial charge in [-0.1, -0.05) is 13.8 Å². The number of hydrogen-bond donors (Lipinski definition) is 1. The summed E-state index contributed by atoms with van der Waals surface area (Å²) in [5.41, 5.74) is 0.0429. The number of nitrogens with one attached hydrogen (secondary N) is 1. The molecule has 2 nitrogen and oxygen atoms in total. The Hall–Kier alpha value is -0.290. The van der Waals surface area contributed by atoms with Gasteiger partial charge >= 0.3 is 6.18 Å². The van der Waals surface area contributed by atoms with Crippen molar-refractivity contribution in [1.29, 1.82) is 0 Å². The Bertz CT molecular complexity index is 210. The Labute approximate surface area is 95.2 Å². The lowest BCUT2D eigenvalue weighted by Gasteiger charge is -2.34. The van der Waals surface area contributed by atoms with Crippen LogP contribution in [0.1, 0.15) is 26.7 Å². The molecule has 0 aromatic rings. The van der Waals surface area contributed by atoms with Gasteiger partial charge < -0.3 is 5.32 Å². The average Bonchev–Trinajstić information content (AvgIpc) is 2.64. The minimum atomic E-state index is -4.09. The maximum atomic E-state index is 12.3. The first-order valence-electron chi connectivity index (χ1n) is 5.90. The van der Waals surface area contributed by atoms with Gasteiger partial charge in [0.1, 0.15) is 0 Å². The molecule has 16 heavy (non-hydrogen) atoms. The molecule has 1 saturated heterocycles. The lowest BCUT2D eigenvalue weighted by atomic mass is 9.83. The molecule has 1 N–H and O–H groups in total. The number of alkyl halides is 3. The molecule has 1 heterocycles. The smallest absolute Gasteiger partial charge is 0.316 e. The maximum absolute atomic E-state index is 12.3. The van der Waals surface area contributed by atoms with Crippen molar-refractivity contribution in [3.05, 3.63) is 0 Å². The van der Waals surface area contributed by atoms with Crippen LogP contribution in [-0.4, -0.2) is 43.8 Å². The second kappa shape index (κ2) is 5.36. The summed E-state index contributed by atoms with van der Waals surface area (Å²) in [5.74, 6) is 0. The molecule has 96 valence electrons. The maximum Gasteiger partial charge on any atom is 0.401 e. The second-order valence-electron chi connectivity index (χ2n) is 4.70. The van der Waals surface area contributed by atoms with Gasteiger partial charge in [0.25, 0.3) is 0 Å². The topological polar surface area (TPSA) is 15.3 Å². The molecule has 0 bridgehead atoms. The summed E-state index contributed by atoms with van der Waals surface area (Å²) in [6.07, 6.45) is -2.16. The van der Waals surface area contributed by atoms with Crippen LogP contribution in [0.5, 0.6) is 0 Å². The van der Waals surface area contributed by atoms with Crippen molar-refractivity contribution in [1.82, 2.24) is 10.2 Å². The molecular weight excluding hydrogens is 217 g/mol. The van der Waals surface area contributed by atoms with Gasteiger partial charge in [-0.25, -0.2) is 0 Å². The molecule has 0 aromatic heterocycles. The van der Waals surface area contributed by atoms with Gasteiger partial charge in [-0.05, 0) is 31.3 Å². The molecule has 1 aliphatic heterocycles. The molecule has 0 aliphatic carbocycles. The van der Waals surface area contributed by atoms with Gasteiger partial charge in [-0.2, -0.15) is 13.2 Å². The van der Waals surface area contributed by atoms with Gasteiger partial charge in [0.2, 0.25) is 0 Å². The van der Waals surface area contributed by atoms with Crippen molar-refractivity contribution in [2.24, 2.45) is 5.41 Å². The van der Waals surface area contributed by atoms with E-state index in [1.807, 2.05) is 0 Å². The van der Waals surface area contributed by atoms with Crippen molar-refractivity contribution in [2.75, 3.05) is 32.7 Å². The minimum Gasteiger partial charge on any atom is -0.316 e. The van der Waals surface area contributed by atoms with E-state index in [0.29, 0.717) is 13.1 Å². The zero-order valence-corrected chi connectivity index (χ0v) is 10.0. The van der Waals surface area contributed by atoms with E-state index in [4.69, 9.17) is 0 Å². The van der Waals surface area contributed by atoms with Gasteiger partial charge in [0, 0.05) is 13.1 Å². The van der Waals surface area contributed by atoms with Gasteiger partial charge in [-0.15, -0.1) is 0 Å². The lowest BCUT2D eigenvalue weighted by Crippen LogP contribution is -2.43. The zero-order valence-electron chi connectivity index (χ0n) is 10.0. The summed E-state index contributed by atoms with van der Waals surface area (Å²) >= 11 is 0. The van der Waals surface area contributed by atoms with Crippen molar-refractivity contribution in [2.45, 2.75) is 32.9 Å². The fourth-order valence-electron chi connectivity index (χ4n) is 2.35. The van der Waals surface area contributed by atoms with Gasteiger partial charge in [-0.3, -0.25) is 4.90 Å². The third-order valence-corrected chi connectivity index (χ3v) is 3.49. The quantitative estimate of drug-likeness (QED) is 0.790. The van der Waals surface area contributed by atoms with E-state index in [-0.39, 0.29) is 5.41 Å². The molecule has 1 fully saturated rings. The van der Waals surface area contributed by atoms with E-state index in [1.54, 1.807) is 6.92 Å². The Kier molecular flexibility index (Phi) is 4.62. The fraction of sp³-hybridized carbons (Fsp3) is 1.00. The average molecular weight is 238 g/mol. The molecule has 1 aliphatic rings. The first kappa shape index (κ1) is 13.8. The highest BCUT2D eigenvalue weighted by Gasteiger charge is 2.37. The van der Waals surface area contributed by atoms with Crippen LogP contribution in [0.3, 0.4) is 0 Å². The van der Waals surface area contributed by atoms with E-state index in [9.17, 15) is 13.2 Å². The third kappa shape index (κ3) is 3.94. The molecular formula is C11H21F3N2. The Morgan fingerprint density at radius 1 is 1.31 bits per heavy atom. The van der Waals surface area contributed by atoms with Crippen LogP contribution in [0.4, 0.5) is 13.2 Å². The Morgan fingerprint density at radius 3 is 2.38 bits per heavy atom. The summed E-state index contributed by atoms with van der Waals surface area (Å²) in [7, 11) is 0. The Morgan fingerprint density at radius 2 is 2.00 bits per heavy atom. The molecule has 0 amide bonds. The first-order valence-corrected chi connectivity index (χ1v) is 5.90. The Balaban J connectivity index is 2.54. The summed E-state index contributed by atoms with van der Waals surface area (Å²) in [4.78, 5) is 1.51. The highest BCUT2D eigenvalue weighted by Crippen LogP contribution is 2.31. The van der Waals surface area contributed by atoms with Crippen LogP contribution in [-0.2, 0) is 0 Å². The number of nitrogens with zero attached hydrogens (tertiary/aromatic N) is 1. The van der Waals surface area contributed by atoms with E-state index >= 15 is 0 Å². The molecule has 1 rings (SSSR count). The second-order valence-corrected chi connectivity index (χ2v) is 4.70. The summed E-state index contributed by atoms with van der Waals surface area (Å²) in [6, 6.07) is 0. The monoisotopic (exact) mass is 238 g/mol. The summed E-state index contributed by atoms with van der Waals surface area (Å²) in [5, 5.41) is 3.25. The van der Waals surface area contributed by atoms with Crippen molar-refractivity contribution in [3.8, 4) is 0 Å². The minimum absolute atomic E-state index is 0.0429. The molecule has 0 spiro atoms. The van der Waals surface area contributed by atoms with E-state index in [1.165, 1.54) is 4.90 Å². The van der Waals surface area contributed by atoms with Gasteiger partial charge in [0.05, 0.1) is 6.54 Å². The third-order valence-electron chi connectivity index (χ3n) is 3.49. The van der Waals surface area contributed by atoms with Crippen LogP contribution in [0.2, 0.25) is 0 Å². The van der Waals surface area contributed by atoms with E-state index in [0.717, 1.165) is 25.9 Å². The summed E-state index contributed by atoms with van der Waals surface area (Å²) < 4.78 is 37.0. The summed E-state index contributed by atoms with van der Waals surface area (Å²) in [6.45, 7) is 5.85. The molecule has 1 atom stereocenters. The van der Waals surface area contributed by atoms with Crippen LogP contribution in [0, 0.1) is 5.41 Å². The van der Waals surface area contributed by atoms with Crippen LogP contribution in [0.25, 0.3) is 0 Å². The van der Waals surface area contributed by atoms with Crippen LogP contribution >= 0.6 is 0 Å². The molecule has 0 aromatic carbocycles. The lowest BCUT2D eigenvalue weighted by molar-refractivity contribution is -0.148. The van der Waals surface area contributed by atoms with Crippen molar-refractivity contribution in [3.63, 3.8) is 0 Å². The predicted octanol–water partition coefficient (Wildman–Crippen LogP) is 2.26. The predicted molar refractivity (Wildman–Crippen MR) is 58.4 cm³/mol. The highest BCUT2D eigenvalue weighted by molar-refractivity contribution is 4.89. The molecule has 0 saturated carbocycles. The van der Waals surface area contributed by atoms with Crippen LogP contribution in [0.15, 0.2) is 0 Å². The SMILES string of the molecule is CCN(CC(F)(F)F)CC1(CC)CCNC1. The number of rotatable bonds is 5. The number of hydrogen-bond acceptors (Lipinski definition) is 2. The molecule has 1 unspecified atom stereocenters. The standard InChI is InChI=1S/C11H21F3N2/c1-3-10(5-6-15-7-10)8-16(4-2)9-11(12,13)14/h15H,3-9H2,1-2H3. The highest BCUT2D eigenvalue weighted by atomic mass is 19.4. The van der Waals surface area contributed by atoms with E-state index in [2.05, 4.69) is 12.2 Å². The molecule has 0 radical (unpaired) electrons. The van der Waals surface area contributed by atoms with Crippen molar-refractivity contribution >= 4 is 0 Å². The zero-order chi connectivity index (χ0) is 12.2. The largest absolute Gasteiger partial charge is 0.401 e. The normalized spacial score (nSPS) is 26.6. The van der Waals surface area contributed by atoms with Gasteiger partial charge in [0.15, 0.2) is 0 Å². The van der Waals surface area contributed by atoms with Crippen molar-refractivity contribution < 1.29 is 13.2 Å². The first-order chi connectivity index (χ1) is 7.41.